The third kappa shape index (κ3) is 6.31. The van der Waals surface area contributed by atoms with Crippen LogP contribution in [-0.4, -0.2) is 43.1 Å². The van der Waals surface area contributed by atoms with Crippen molar-refractivity contribution in [3.63, 3.8) is 0 Å². The lowest BCUT2D eigenvalue weighted by molar-refractivity contribution is 0.197. The molecule has 1 aromatic rings. The van der Waals surface area contributed by atoms with Gasteiger partial charge in [-0.15, -0.1) is 0 Å². The summed E-state index contributed by atoms with van der Waals surface area (Å²) in [6, 6.07) is 10.5. The zero-order valence-electron chi connectivity index (χ0n) is 12.6. The molecule has 1 aromatic carbocycles. The van der Waals surface area contributed by atoms with Crippen LogP contribution in [-0.2, 0) is 6.42 Å². The Bertz CT molecular complexity index is 413. The van der Waals surface area contributed by atoms with E-state index in [1.54, 1.807) is 0 Å². The van der Waals surface area contributed by atoms with Gasteiger partial charge in [0.15, 0.2) is 0 Å². The molecule has 0 bridgehead atoms. The van der Waals surface area contributed by atoms with Gasteiger partial charge in [-0.2, -0.15) is 17.0 Å². The third-order valence-electron chi connectivity index (χ3n) is 3.41. The van der Waals surface area contributed by atoms with E-state index in [1.165, 1.54) is 12.2 Å². The maximum absolute atomic E-state index is 8.62. The first-order valence-corrected chi connectivity index (χ1v) is 8.34. The summed E-state index contributed by atoms with van der Waals surface area (Å²) in [5.74, 6) is 2.07. The summed E-state index contributed by atoms with van der Waals surface area (Å²) in [7, 11) is 2.14. The number of benzene rings is 1. The fourth-order valence-electron chi connectivity index (χ4n) is 1.83. The molecule has 0 spiro atoms. The number of nitrogens with zero attached hydrogens (tertiary/aromatic N) is 2. The van der Waals surface area contributed by atoms with Crippen LogP contribution >= 0.6 is 11.8 Å². The molecule has 0 fully saturated rings. The van der Waals surface area contributed by atoms with Gasteiger partial charge in [0.05, 0.1) is 12.5 Å². The van der Waals surface area contributed by atoms with E-state index in [2.05, 4.69) is 31.2 Å². The molecule has 0 heterocycles. The first-order valence-electron chi connectivity index (χ1n) is 6.95. The molecule has 1 rings (SSSR count). The summed E-state index contributed by atoms with van der Waals surface area (Å²) in [5.41, 5.74) is 1.03. The van der Waals surface area contributed by atoms with Crippen LogP contribution < -0.4 is 4.74 Å². The first-order chi connectivity index (χ1) is 9.67. The predicted molar refractivity (Wildman–Crippen MR) is 86.3 cm³/mol. The second-order valence-electron chi connectivity index (χ2n) is 4.94. The average molecular weight is 292 g/mol. The van der Waals surface area contributed by atoms with Gasteiger partial charge in [0.25, 0.3) is 0 Å². The van der Waals surface area contributed by atoms with Crippen LogP contribution in [0.4, 0.5) is 0 Å². The third-order valence-corrected chi connectivity index (χ3v) is 4.06. The Morgan fingerprint density at radius 1 is 1.35 bits per heavy atom. The molecule has 0 saturated heterocycles. The van der Waals surface area contributed by atoms with Crippen molar-refractivity contribution >= 4 is 11.8 Å². The zero-order chi connectivity index (χ0) is 14.8. The molecule has 0 aromatic heterocycles. The standard InChI is InChI=1S/C16H24N2OS/c1-14(9-13-20-3)18(2)11-12-19-16-6-4-15(5-7-16)8-10-17/h4-7,14H,8-9,11-13H2,1-3H3. The molecule has 0 N–H and O–H groups in total. The Balaban J connectivity index is 2.27. The van der Waals surface area contributed by atoms with E-state index < -0.39 is 0 Å². The predicted octanol–water partition coefficient (Wildman–Crippen LogP) is 3.20. The largest absolute Gasteiger partial charge is 0.492 e. The molecule has 110 valence electrons. The normalized spacial score (nSPS) is 12.2. The molecule has 0 amide bonds. The number of nitriles is 1. The highest BCUT2D eigenvalue weighted by atomic mass is 32.2. The van der Waals surface area contributed by atoms with Gasteiger partial charge in [-0.05, 0) is 50.1 Å². The summed E-state index contributed by atoms with van der Waals surface area (Å²) < 4.78 is 5.73. The lowest BCUT2D eigenvalue weighted by Gasteiger charge is -2.24. The molecule has 0 aliphatic carbocycles. The Hall–Kier alpha value is -1.18. The SMILES string of the molecule is CSCCC(C)N(C)CCOc1ccc(CC#N)cc1. The van der Waals surface area contributed by atoms with Gasteiger partial charge in [0, 0.05) is 12.6 Å². The van der Waals surface area contributed by atoms with Crippen molar-refractivity contribution < 1.29 is 4.74 Å². The van der Waals surface area contributed by atoms with Gasteiger partial charge in [0.1, 0.15) is 12.4 Å². The number of likely N-dealkylation sites (N-methyl/N-ethyl adjacent to an activating group) is 1. The number of hydrogen-bond acceptors (Lipinski definition) is 4. The quantitative estimate of drug-likeness (QED) is 0.700. The Kier molecular flexibility index (Phi) is 8.17. The van der Waals surface area contributed by atoms with Crippen LogP contribution in [0.15, 0.2) is 24.3 Å². The van der Waals surface area contributed by atoms with E-state index >= 15 is 0 Å². The molecule has 20 heavy (non-hydrogen) atoms. The highest BCUT2D eigenvalue weighted by Gasteiger charge is 2.08. The zero-order valence-corrected chi connectivity index (χ0v) is 13.4. The minimum atomic E-state index is 0.454. The van der Waals surface area contributed by atoms with E-state index in [0.29, 0.717) is 19.1 Å². The molecule has 0 saturated carbocycles. The van der Waals surface area contributed by atoms with E-state index in [0.717, 1.165) is 17.9 Å². The molecular weight excluding hydrogens is 268 g/mol. The van der Waals surface area contributed by atoms with Gasteiger partial charge in [0.2, 0.25) is 0 Å². The maximum atomic E-state index is 8.62. The van der Waals surface area contributed by atoms with E-state index in [9.17, 15) is 0 Å². The van der Waals surface area contributed by atoms with E-state index in [1.807, 2.05) is 36.0 Å². The fourth-order valence-corrected chi connectivity index (χ4v) is 2.41. The summed E-state index contributed by atoms with van der Waals surface area (Å²) in [5, 5.41) is 8.62. The first kappa shape index (κ1) is 16.9. The van der Waals surface area contributed by atoms with Crippen LogP contribution in [0.25, 0.3) is 0 Å². The molecule has 4 heteroatoms. The van der Waals surface area contributed by atoms with Crippen molar-refractivity contribution in [2.24, 2.45) is 0 Å². The topological polar surface area (TPSA) is 36.3 Å². The molecule has 1 atom stereocenters. The van der Waals surface area contributed by atoms with Crippen LogP contribution in [0.5, 0.6) is 5.75 Å². The monoisotopic (exact) mass is 292 g/mol. The number of rotatable bonds is 9. The maximum Gasteiger partial charge on any atom is 0.119 e. The summed E-state index contributed by atoms with van der Waals surface area (Å²) in [6.45, 7) is 3.88. The van der Waals surface area contributed by atoms with Crippen molar-refractivity contribution in [1.29, 1.82) is 5.26 Å². The Morgan fingerprint density at radius 3 is 2.65 bits per heavy atom. The van der Waals surface area contributed by atoms with Crippen LogP contribution in [0.3, 0.4) is 0 Å². The van der Waals surface area contributed by atoms with Gasteiger partial charge in [-0.3, -0.25) is 0 Å². The van der Waals surface area contributed by atoms with Gasteiger partial charge >= 0.3 is 0 Å². The number of ether oxygens (including phenoxy) is 1. The second kappa shape index (κ2) is 9.68. The second-order valence-corrected chi connectivity index (χ2v) is 5.92. The van der Waals surface area contributed by atoms with Crippen LogP contribution in [0.2, 0.25) is 0 Å². The molecule has 3 nitrogen and oxygen atoms in total. The summed E-state index contributed by atoms with van der Waals surface area (Å²) in [4.78, 5) is 2.33. The molecular formula is C16H24N2OS. The van der Waals surface area contributed by atoms with E-state index in [-0.39, 0.29) is 0 Å². The van der Waals surface area contributed by atoms with Crippen molar-refractivity contribution in [3.8, 4) is 11.8 Å². The number of thioether (sulfide) groups is 1. The molecule has 0 aliphatic rings. The van der Waals surface area contributed by atoms with Gasteiger partial charge < -0.3 is 9.64 Å². The van der Waals surface area contributed by atoms with E-state index in [4.69, 9.17) is 10.00 Å². The Labute approximate surface area is 126 Å². The molecule has 0 radical (unpaired) electrons. The minimum absolute atomic E-state index is 0.454. The van der Waals surface area contributed by atoms with Crippen LogP contribution in [0, 0.1) is 11.3 Å². The van der Waals surface area contributed by atoms with Gasteiger partial charge in [-0.1, -0.05) is 12.1 Å². The van der Waals surface area contributed by atoms with Crippen molar-refractivity contribution in [2.75, 3.05) is 32.2 Å². The lowest BCUT2D eigenvalue weighted by Crippen LogP contribution is -2.33. The van der Waals surface area contributed by atoms with Crippen molar-refractivity contribution in [1.82, 2.24) is 4.90 Å². The smallest absolute Gasteiger partial charge is 0.119 e. The van der Waals surface area contributed by atoms with Gasteiger partial charge in [-0.25, -0.2) is 0 Å². The highest BCUT2D eigenvalue weighted by molar-refractivity contribution is 7.98. The molecule has 1 unspecified atom stereocenters. The number of hydrogen-bond donors (Lipinski definition) is 0. The van der Waals surface area contributed by atoms with Crippen molar-refractivity contribution in [2.45, 2.75) is 25.8 Å². The minimum Gasteiger partial charge on any atom is -0.492 e. The lowest BCUT2D eigenvalue weighted by atomic mass is 10.2. The fraction of sp³-hybridized carbons (Fsp3) is 0.562. The summed E-state index contributed by atoms with van der Waals surface area (Å²) in [6.07, 6.45) is 3.81. The van der Waals surface area contributed by atoms with Crippen molar-refractivity contribution in [3.05, 3.63) is 29.8 Å². The average Bonchev–Trinajstić information content (AvgIpc) is 2.46. The highest BCUT2D eigenvalue weighted by Crippen LogP contribution is 2.13. The Morgan fingerprint density at radius 2 is 2.05 bits per heavy atom. The van der Waals surface area contributed by atoms with Crippen LogP contribution in [0.1, 0.15) is 18.9 Å². The molecule has 0 aliphatic heterocycles. The summed E-state index contributed by atoms with van der Waals surface area (Å²) >= 11 is 1.89.